The minimum absolute atomic E-state index is 0.00244. The Morgan fingerprint density at radius 1 is 0.492 bits per heavy atom. The number of allylic oxidation sites excluding steroid dienone is 18. The average molecular weight is 928 g/mol. The fourth-order valence-electron chi connectivity index (χ4n) is 6.27. The van der Waals surface area contributed by atoms with Crippen molar-refractivity contribution in [2.24, 2.45) is 5.73 Å². The molecule has 3 unspecified atom stereocenters. The molecule has 0 saturated carbocycles. The number of rotatable bonds is 46. The summed E-state index contributed by atoms with van der Waals surface area (Å²) in [6.45, 7) is 3.60. The van der Waals surface area contributed by atoms with E-state index in [4.69, 9.17) is 29.4 Å². The monoisotopic (exact) mass is 928 g/mol. The second kappa shape index (κ2) is 48.6. The molecule has 0 spiro atoms. The molecule has 0 rings (SSSR count). The first kappa shape index (κ1) is 61.6. The minimum Gasteiger partial charge on any atom is -0.480 e. The fraction of sp³-hybridized carbons (Fsp3) is 0.630. The van der Waals surface area contributed by atoms with Crippen molar-refractivity contribution in [2.75, 3.05) is 26.4 Å². The van der Waals surface area contributed by atoms with Gasteiger partial charge in [0, 0.05) is 13.0 Å². The van der Waals surface area contributed by atoms with Crippen molar-refractivity contribution < 1.29 is 42.7 Å². The van der Waals surface area contributed by atoms with Crippen LogP contribution in [0, 0.1) is 0 Å². The van der Waals surface area contributed by atoms with Crippen LogP contribution in [0.2, 0.25) is 0 Å². The first-order chi connectivity index (χ1) is 31.7. The Morgan fingerprint density at radius 3 is 1.26 bits per heavy atom. The minimum atomic E-state index is -4.64. The summed E-state index contributed by atoms with van der Waals surface area (Å²) in [6.07, 6.45) is 65.7. The van der Waals surface area contributed by atoms with Gasteiger partial charge in [0.15, 0.2) is 0 Å². The predicted octanol–water partition coefficient (Wildman–Crippen LogP) is 14.6. The smallest absolute Gasteiger partial charge is 0.472 e. The summed E-state index contributed by atoms with van der Waals surface area (Å²) in [5, 5.41) is 8.93. The lowest BCUT2D eigenvalue weighted by molar-refractivity contribution is -0.154. The average Bonchev–Trinajstić information content (AvgIpc) is 3.29. The maximum Gasteiger partial charge on any atom is 0.472 e. The number of carboxylic acid groups (broad SMARTS) is 1. The zero-order valence-corrected chi connectivity index (χ0v) is 41.4. The van der Waals surface area contributed by atoms with Gasteiger partial charge in [-0.15, -0.1) is 0 Å². The summed E-state index contributed by atoms with van der Waals surface area (Å²) >= 11 is 0. The second-order valence-electron chi connectivity index (χ2n) is 16.2. The van der Waals surface area contributed by atoms with E-state index in [1.54, 1.807) is 0 Å². The van der Waals surface area contributed by atoms with Crippen molar-refractivity contribution in [1.82, 2.24) is 0 Å². The maximum atomic E-state index is 12.7. The van der Waals surface area contributed by atoms with Crippen LogP contribution in [0.3, 0.4) is 0 Å². The van der Waals surface area contributed by atoms with Gasteiger partial charge in [-0.1, -0.05) is 187 Å². The van der Waals surface area contributed by atoms with E-state index in [0.717, 1.165) is 122 Å². The van der Waals surface area contributed by atoms with Crippen LogP contribution < -0.4 is 5.73 Å². The maximum absolute atomic E-state index is 12.7. The molecular weight excluding hydrogens is 838 g/mol. The standard InChI is InChI=1S/C54H90NO9P/c1-3-5-7-9-11-13-15-17-19-21-23-24-25-26-27-29-31-33-35-37-39-41-43-45-47-61-48-51(49-62-65(59,60)63-50-52(55)54(57)58)64-53(56)46-44-42-40-38-36-34-32-30-28-22-20-18-16-14-12-10-8-6-4-2/h5-8,11-14,17-20,23-24,26-28,30,51-52H,3-4,9-10,15-16,21-22,25,29,31-50,55H2,1-2H3,(H,57,58)(H,59,60)/b7-5-,8-6-,13-11-,14-12-,19-17-,20-18-,24-23-,27-26-,30-28-. The molecule has 0 aromatic heterocycles. The van der Waals surface area contributed by atoms with Crippen LogP contribution in [0.15, 0.2) is 109 Å². The van der Waals surface area contributed by atoms with Gasteiger partial charge in [-0.2, -0.15) is 0 Å². The van der Waals surface area contributed by atoms with E-state index >= 15 is 0 Å². The number of nitrogens with two attached hydrogens (primary N) is 1. The molecule has 0 aliphatic rings. The number of carboxylic acids is 1. The molecule has 0 aromatic carbocycles. The predicted molar refractivity (Wildman–Crippen MR) is 272 cm³/mol. The van der Waals surface area contributed by atoms with Crippen LogP contribution >= 0.6 is 7.82 Å². The van der Waals surface area contributed by atoms with Gasteiger partial charge in [-0.25, -0.2) is 4.57 Å². The number of unbranched alkanes of at least 4 members (excludes halogenated alkanes) is 14. The molecule has 0 aromatic rings. The first-order valence-electron chi connectivity index (χ1n) is 24.9. The van der Waals surface area contributed by atoms with Crippen molar-refractivity contribution in [3.8, 4) is 0 Å². The summed E-state index contributed by atoms with van der Waals surface area (Å²) in [4.78, 5) is 33.7. The Morgan fingerprint density at radius 2 is 0.846 bits per heavy atom. The van der Waals surface area contributed by atoms with Crippen molar-refractivity contribution in [1.29, 1.82) is 0 Å². The van der Waals surface area contributed by atoms with Gasteiger partial charge in [0.1, 0.15) is 12.1 Å². The zero-order valence-electron chi connectivity index (χ0n) is 40.5. The number of hydrogen-bond acceptors (Lipinski definition) is 8. The van der Waals surface area contributed by atoms with Crippen LogP contribution in [0.5, 0.6) is 0 Å². The lowest BCUT2D eigenvalue weighted by atomic mass is 10.1. The molecule has 65 heavy (non-hydrogen) atoms. The van der Waals surface area contributed by atoms with Crippen molar-refractivity contribution in [3.05, 3.63) is 109 Å². The summed E-state index contributed by atoms with van der Waals surface area (Å²) < 4.78 is 33.5. The Bertz CT molecular complexity index is 1440. The SMILES string of the molecule is CC/C=C\C/C=C\C/C=C\C/C=C\C/C=C\CCCCCCCCCCOCC(COP(=O)(O)OCC(N)C(=O)O)OC(=O)CCCCCCCC/C=C\C/C=C\C/C=C\C/C=C\CC. The van der Waals surface area contributed by atoms with Crippen LogP contribution in [-0.2, 0) is 32.7 Å². The van der Waals surface area contributed by atoms with Gasteiger partial charge >= 0.3 is 19.8 Å². The fourth-order valence-corrected chi connectivity index (χ4v) is 7.05. The molecule has 0 bridgehead atoms. The highest BCUT2D eigenvalue weighted by Gasteiger charge is 2.27. The second-order valence-corrected chi connectivity index (χ2v) is 17.6. The number of ether oxygens (including phenoxy) is 2. The Kier molecular flexibility index (Phi) is 46.0. The van der Waals surface area contributed by atoms with E-state index in [1.165, 1.54) is 32.1 Å². The molecule has 0 aliphatic carbocycles. The summed E-state index contributed by atoms with van der Waals surface area (Å²) in [5.41, 5.74) is 5.37. The van der Waals surface area contributed by atoms with Crippen molar-refractivity contribution >= 4 is 19.8 Å². The van der Waals surface area contributed by atoms with Gasteiger partial charge in [0.25, 0.3) is 0 Å². The van der Waals surface area contributed by atoms with Gasteiger partial charge in [-0.05, 0) is 96.3 Å². The Balaban J connectivity index is 4.23. The third-order valence-electron chi connectivity index (χ3n) is 10.0. The van der Waals surface area contributed by atoms with E-state index in [9.17, 15) is 19.0 Å². The molecule has 10 nitrogen and oxygen atoms in total. The van der Waals surface area contributed by atoms with E-state index in [0.29, 0.717) is 13.0 Å². The topological polar surface area (TPSA) is 155 Å². The van der Waals surface area contributed by atoms with Gasteiger partial charge < -0.3 is 25.2 Å². The molecule has 0 aliphatic heterocycles. The molecule has 3 atom stereocenters. The number of aliphatic carboxylic acids is 1. The molecule has 4 N–H and O–H groups in total. The number of carbonyl (C=O) groups excluding carboxylic acids is 1. The Hall–Kier alpha value is -3.37. The van der Waals surface area contributed by atoms with Crippen LogP contribution in [-0.4, -0.2) is 60.5 Å². The largest absolute Gasteiger partial charge is 0.480 e. The molecule has 0 fully saturated rings. The van der Waals surface area contributed by atoms with E-state index in [-0.39, 0.29) is 13.0 Å². The van der Waals surface area contributed by atoms with Gasteiger partial charge in [0.2, 0.25) is 0 Å². The van der Waals surface area contributed by atoms with Crippen LogP contribution in [0.25, 0.3) is 0 Å². The third kappa shape index (κ3) is 48.4. The van der Waals surface area contributed by atoms with Crippen molar-refractivity contribution in [3.63, 3.8) is 0 Å². The van der Waals surface area contributed by atoms with E-state index < -0.39 is 45.1 Å². The number of esters is 1. The molecule has 0 heterocycles. The molecule has 0 radical (unpaired) electrons. The van der Waals surface area contributed by atoms with E-state index in [1.807, 2.05) is 0 Å². The highest BCUT2D eigenvalue weighted by atomic mass is 31.2. The summed E-state index contributed by atoms with van der Waals surface area (Å²) in [7, 11) is -4.64. The first-order valence-corrected chi connectivity index (χ1v) is 26.4. The lowest BCUT2D eigenvalue weighted by Crippen LogP contribution is -2.34. The summed E-state index contributed by atoms with van der Waals surface area (Å²) in [6, 6.07) is -1.48. The number of phosphoric ester groups is 1. The zero-order chi connectivity index (χ0) is 47.6. The third-order valence-corrected chi connectivity index (χ3v) is 11.0. The quantitative estimate of drug-likeness (QED) is 0.0233. The summed E-state index contributed by atoms with van der Waals surface area (Å²) in [5.74, 6) is -1.80. The normalized spacial score (nSPS) is 14.6. The highest BCUT2D eigenvalue weighted by Crippen LogP contribution is 2.43. The molecule has 11 heteroatoms. The molecule has 0 saturated heterocycles. The van der Waals surface area contributed by atoms with Crippen LogP contribution in [0.1, 0.15) is 181 Å². The number of phosphoric acid groups is 1. The molecular formula is C54H90NO9P. The number of hydrogen-bond donors (Lipinski definition) is 3. The molecule has 370 valence electrons. The lowest BCUT2D eigenvalue weighted by Gasteiger charge is -2.20. The van der Waals surface area contributed by atoms with Crippen LogP contribution in [0.4, 0.5) is 0 Å². The highest BCUT2D eigenvalue weighted by molar-refractivity contribution is 7.47. The van der Waals surface area contributed by atoms with Crippen molar-refractivity contribution in [2.45, 2.75) is 193 Å². The number of carbonyl (C=O) groups is 2. The van der Waals surface area contributed by atoms with Gasteiger partial charge in [0.05, 0.1) is 19.8 Å². The van der Waals surface area contributed by atoms with Gasteiger partial charge in [-0.3, -0.25) is 18.6 Å². The Labute approximate surface area is 395 Å². The molecule has 0 amide bonds. The van der Waals surface area contributed by atoms with E-state index in [2.05, 4.69) is 123 Å².